The maximum Gasteiger partial charge on any atom is 0.306 e. The molecule has 0 N–H and O–H groups in total. The second-order valence-electron chi connectivity index (χ2n) is 4.67. The third kappa shape index (κ3) is 2.40. The Morgan fingerprint density at radius 3 is 2.78 bits per heavy atom. The summed E-state index contributed by atoms with van der Waals surface area (Å²) in [6, 6.07) is 9.84. The van der Waals surface area contributed by atoms with Gasteiger partial charge in [-0.05, 0) is 12.8 Å². The summed E-state index contributed by atoms with van der Waals surface area (Å²) < 4.78 is 16.9. The number of hydrogen-bond donors (Lipinski definition) is 0. The average molecular weight is 248 g/mol. The van der Waals surface area contributed by atoms with E-state index in [1.165, 1.54) is 0 Å². The van der Waals surface area contributed by atoms with E-state index >= 15 is 0 Å². The van der Waals surface area contributed by atoms with Crippen LogP contribution in [-0.2, 0) is 19.0 Å². The van der Waals surface area contributed by atoms with Crippen LogP contribution in [0, 0.1) is 0 Å². The number of rotatable bonds is 1. The first-order chi connectivity index (χ1) is 8.83. The molecule has 4 nitrogen and oxygen atoms in total. The molecule has 0 unspecified atom stereocenters. The molecule has 0 bridgehead atoms. The highest BCUT2D eigenvalue weighted by Gasteiger charge is 2.36. The molecule has 96 valence electrons. The van der Waals surface area contributed by atoms with Crippen molar-refractivity contribution in [3.8, 4) is 0 Å². The summed E-state index contributed by atoms with van der Waals surface area (Å²) in [4.78, 5) is 11.4. The lowest BCUT2D eigenvalue weighted by Gasteiger charge is -2.34. The number of hydrogen-bond acceptors (Lipinski definition) is 4. The Bertz CT molecular complexity index is 417. The predicted molar refractivity (Wildman–Crippen MR) is 63.7 cm³/mol. The smallest absolute Gasteiger partial charge is 0.306 e. The zero-order valence-electron chi connectivity index (χ0n) is 10.1. The van der Waals surface area contributed by atoms with E-state index in [4.69, 9.17) is 14.2 Å². The van der Waals surface area contributed by atoms with Crippen molar-refractivity contribution in [1.82, 2.24) is 0 Å². The molecule has 4 heteroatoms. The molecule has 18 heavy (non-hydrogen) atoms. The van der Waals surface area contributed by atoms with Crippen molar-refractivity contribution >= 4 is 5.97 Å². The summed E-state index contributed by atoms with van der Waals surface area (Å²) in [7, 11) is 0. The summed E-state index contributed by atoms with van der Waals surface area (Å²) >= 11 is 0. The zero-order chi connectivity index (χ0) is 12.4. The molecule has 0 aromatic heterocycles. The molecule has 1 aromatic carbocycles. The lowest BCUT2D eigenvalue weighted by Crippen LogP contribution is -2.41. The molecule has 0 amide bonds. The topological polar surface area (TPSA) is 44.8 Å². The molecule has 1 aromatic rings. The molecular weight excluding hydrogens is 232 g/mol. The summed E-state index contributed by atoms with van der Waals surface area (Å²) in [5.41, 5.74) is 1.01. The van der Waals surface area contributed by atoms with Crippen molar-refractivity contribution in [2.24, 2.45) is 0 Å². The molecule has 2 heterocycles. The Hall–Kier alpha value is -1.39. The van der Waals surface area contributed by atoms with Gasteiger partial charge in [-0.1, -0.05) is 30.3 Å². The normalized spacial score (nSPS) is 32.2. The maximum absolute atomic E-state index is 11.4. The van der Waals surface area contributed by atoms with Crippen LogP contribution in [-0.4, -0.2) is 24.8 Å². The van der Waals surface area contributed by atoms with Crippen LogP contribution in [0.2, 0.25) is 0 Å². The van der Waals surface area contributed by atoms with Crippen molar-refractivity contribution in [3.05, 3.63) is 35.9 Å². The van der Waals surface area contributed by atoms with Crippen molar-refractivity contribution in [2.75, 3.05) is 6.61 Å². The summed E-state index contributed by atoms with van der Waals surface area (Å²) in [5, 5.41) is 0. The van der Waals surface area contributed by atoms with E-state index in [1.54, 1.807) is 0 Å². The number of benzene rings is 1. The minimum absolute atomic E-state index is 0.0459. The molecule has 0 saturated carbocycles. The molecule has 0 spiro atoms. The van der Waals surface area contributed by atoms with E-state index in [2.05, 4.69) is 0 Å². The lowest BCUT2D eigenvalue weighted by atomic mass is 10.1. The van der Waals surface area contributed by atoms with Crippen LogP contribution in [0.4, 0.5) is 0 Å². The lowest BCUT2D eigenvalue weighted by molar-refractivity contribution is -0.260. The fraction of sp³-hybridized carbons (Fsp3) is 0.500. The molecule has 0 radical (unpaired) electrons. The Morgan fingerprint density at radius 2 is 1.94 bits per heavy atom. The van der Waals surface area contributed by atoms with Gasteiger partial charge in [-0.25, -0.2) is 0 Å². The molecule has 0 aliphatic carbocycles. The first-order valence-electron chi connectivity index (χ1n) is 6.34. The number of fused-ring (bicyclic) bond motifs is 1. The van der Waals surface area contributed by atoms with Gasteiger partial charge in [-0.3, -0.25) is 4.79 Å². The van der Waals surface area contributed by atoms with E-state index < -0.39 is 0 Å². The van der Waals surface area contributed by atoms with Gasteiger partial charge in [0.25, 0.3) is 0 Å². The number of ether oxygens (including phenoxy) is 3. The third-order valence-corrected chi connectivity index (χ3v) is 3.35. The second-order valence-corrected chi connectivity index (χ2v) is 4.67. The maximum atomic E-state index is 11.4. The van der Waals surface area contributed by atoms with E-state index in [0.717, 1.165) is 18.4 Å². The van der Waals surface area contributed by atoms with Crippen molar-refractivity contribution in [2.45, 2.75) is 37.8 Å². The number of esters is 1. The standard InChI is InChI=1S/C14H16O4/c15-13-8-4-7-11-12(17-13)9-16-14(18-11)10-5-2-1-3-6-10/h1-3,5-6,11-12,14H,4,7-9H2/t11-,12+,14+/m0/s1. The molecular formula is C14H16O4. The Morgan fingerprint density at radius 1 is 1.11 bits per heavy atom. The fourth-order valence-corrected chi connectivity index (χ4v) is 2.40. The van der Waals surface area contributed by atoms with E-state index in [-0.39, 0.29) is 24.5 Å². The molecule has 2 saturated heterocycles. The molecule has 2 fully saturated rings. The molecule has 3 rings (SSSR count). The highest BCUT2D eigenvalue weighted by atomic mass is 16.7. The quantitative estimate of drug-likeness (QED) is 0.715. The Kier molecular flexibility index (Phi) is 3.30. The van der Waals surface area contributed by atoms with Gasteiger partial charge in [0, 0.05) is 12.0 Å². The van der Waals surface area contributed by atoms with Crippen LogP contribution >= 0.6 is 0 Å². The second kappa shape index (κ2) is 5.08. The summed E-state index contributed by atoms with van der Waals surface area (Å²) in [6.07, 6.45) is 1.51. The van der Waals surface area contributed by atoms with Crippen LogP contribution in [0.3, 0.4) is 0 Å². The summed E-state index contributed by atoms with van der Waals surface area (Å²) in [5.74, 6) is -0.145. The van der Waals surface area contributed by atoms with Crippen LogP contribution < -0.4 is 0 Å². The van der Waals surface area contributed by atoms with Gasteiger partial charge < -0.3 is 14.2 Å². The molecule has 3 atom stereocenters. The average Bonchev–Trinajstić information content (AvgIpc) is 2.59. The first kappa shape index (κ1) is 11.7. The van der Waals surface area contributed by atoms with Crippen molar-refractivity contribution in [1.29, 1.82) is 0 Å². The van der Waals surface area contributed by atoms with Crippen molar-refractivity contribution in [3.63, 3.8) is 0 Å². The van der Waals surface area contributed by atoms with E-state index in [0.29, 0.717) is 13.0 Å². The van der Waals surface area contributed by atoms with Crippen molar-refractivity contribution < 1.29 is 19.0 Å². The van der Waals surface area contributed by atoms with Gasteiger partial charge in [-0.15, -0.1) is 0 Å². The minimum Gasteiger partial charge on any atom is -0.457 e. The first-order valence-corrected chi connectivity index (χ1v) is 6.34. The van der Waals surface area contributed by atoms with Gasteiger partial charge in [-0.2, -0.15) is 0 Å². The number of carbonyl (C=O) groups is 1. The molecule has 2 aliphatic rings. The Labute approximate surface area is 106 Å². The van der Waals surface area contributed by atoms with Crippen LogP contribution in [0.1, 0.15) is 31.1 Å². The SMILES string of the molecule is O=C1CCC[C@@H]2O[C@H](c3ccccc3)OC[C@H]2O1. The van der Waals surface area contributed by atoms with Gasteiger partial charge in [0.1, 0.15) is 6.10 Å². The predicted octanol–water partition coefficient (Wildman–Crippen LogP) is 2.20. The van der Waals surface area contributed by atoms with Gasteiger partial charge in [0.15, 0.2) is 12.4 Å². The third-order valence-electron chi connectivity index (χ3n) is 3.35. The zero-order valence-corrected chi connectivity index (χ0v) is 10.1. The van der Waals surface area contributed by atoms with E-state index in [9.17, 15) is 4.79 Å². The Balaban J connectivity index is 1.71. The van der Waals surface area contributed by atoms with Gasteiger partial charge in [0.05, 0.1) is 6.61 Å². The molecule has 2 aliphatic heterocycles. The number of carbonyl (C=O) groups excluding carboxylic acids is 1. The van der Waals surface area contributed by atoms with Crippen LogP contribution in [0.25, 0.3) is 0 Å². The summed E-state index contributed by atoms with van der Waals surface area (Å²) in [6.45, 7) is 0.413. The van der Waals surface area contributed by atoms with Crippen LogP contribution in [0.15, 0.2) is 30.3 Å². The monoisotopic (exact) mass is 248 g/mol. The minimum atomic E-state index is -0.343. The van der Waals surface area contributed by atoms with E-state index in [1.807, 2.05) is 30.3 Å². The highest BCUT2D eigenvalue weighted by molar-refractivity contribution is 5.69. The fourth-order valence-electron chi connectivity index (χ4n) is 2.40. The largest absolute Gasteiger partial charge is 0.457 e. The van der Waals surface area contributed by atoms with Crippen LogP contribution in [0.5, 0.6) is 0 Å². The van der Waals surface area contributed by atoms with Gasteiger partial charge in [0.2, 0.25) is 0 Å². The highest BCUT2D eigenvalue weighted by Crippen LogP contribution is 2.31. The van der Waals surface area contributed by atoms with Gasteiger partial charge >= 0.3 is 5.97 Å².